The molecule has 0 aliphatic heterocycles. The molecule has 0 saturated carbocycles. The van der Waals surface area contributed by atoms with Gasteiger partial charge in [-0.05, 0) is 36.6 Å². The molecule has 116 valence electrons. The van der Waals surface area contributed by atoms with E-state index in [9.17, 15) is 14.4 Å². The molecule has 23 heavy (non-hydrogen) atoms. The van der Waals surface area contributed by atoms with Gasteiger partial charge in [0.15, 0.2) is 11.6 Å². The molecule has 0 heterocycles. The second-order valence-corrected chi connectivity index (χ2v) is 5.45. The van der Waals surface area contributed by atoms with Gasteiger partial charge in [-0.1, -0.05) is 48.5 Å². The number of benzene rings is 2. The van der Waals surface area contributed by atoms with Crippen molar-refractivity contribution in [3.8, 4) is 0 Å². The molecule has 0 saturated heterocycles. The lowest BCUT2D eigenvalue weighted by Crippen LogP contribution is -1.96. The third-order valence-corrected chi connectivity index (χ3v) is 3.59. The summed E-state index contributed by atoms with van der Waals surface area (Å²) in [5.74, 6) is 0.0370. The molecule has 3 heteroatoms. The van der Waals surface area contributed by atoms with Crippen LogP contribution in [0.2, 0.25) is 0 Å². The summed E-state index contributed by atoms with van der Waals surface area (Å²) in [5.41, 5.74) is 3.78. The van der Waals surface area contributed by atoms with Gasteiger partial charge >= 0.3 is 0 Å². The minimum Gasteiger partial charge on any atom is -0.298 e. The summed E-state index contributed by atoms with van der Waals surface area (Å²) in [6.07, 6.45) is 3.13. The number of allylic oxidation sites excluding steroid dienone is 1. The maximum atomic E-state index is 11.3. The largest absolute Gasteiger partial charge is 0.298 e. The summed E-state index contributed by atoms with van der Waals surface area (Å²) in [6, 6.07) is 14.4. The van der Waals surface area contributed by atoms with E-state index in [1.807, 2.05) is 24.3 Å². The van der Waals surface area contributed by atoms with Gasteiger partial charge in [0.2, 0.25) is 0 Å². The number of carbonyl (C=O) groups excluding carboxylic acids is 3. The molecule has 3 nitrogen and oxygen atoms in total. The number of hydrogen-bond donors (Lipinski definition) is 0. The van der Waals surface area contributed by atoms with Crippen molar-refractivity contribution in [3.05, 3.63) is 76.4 Å². The van der Waals surface area contributed by atoms with Crippen molar-refractivity contribution < 1.29 is 14.4 Å². The van der Waals surface area contributed by atoms with Crippen molar-refractivity contribution in [1.82, 2.24) is 0 Å². The van der Waals surface area contributed by atoms with E-state index in [-0.39, 0.29) is 11.6 Å². The number of Topliss-reactive ketones (excluding diaryl/α,β-unsaturated/α-hetero) is 2. The molecular formula is C20H18O3. The zero-order chi connectivity index (χ0) is 16.8. The molecule has 0 bridgehead atoms. The molecule has 2 rings (SSSR count). The minimum atomic E-state index is 0.0155. The third-order valence-electron chi connectivity index (χ3n) is 3.59. The fourth-order valence-corrected chi connectivity index (χ4v) is 2.25. The van der Waals surface area contributed by atoms with Crippen LogP contribution in [-0.4, -0.2) is 17.9 Å². The van der Waals surface area contributed by atoms with Crippen LogP contribution >= 0.6 is 0 Å². The van der Waals surface area contributed by atoms with Gasteiger partial charge in [0, 0.05) is 17.5 Å². The highest BCUT2D eigenvalue weighted by atomic mass is 16.1. The fraction of sp³-hybridized carbons (Fsp3) is 0.150. The number of aldehydes is 1. The molecule has 0 aromatic heterocycles. The monoisotopic (exact) mass is 306 g/mol. The Morgan fingerprint density at radius 3 is 1.74 bits per heavy atom. The first kappa shape index (κ1) is 16.6. The molecule has 0 N–H and O–H groups in total. The Labute approximate surface area is 135 Å². The Morgan fingerprint density at radius 1 is 0.826 bits per heavy atom. The summed E-state index contributed by atoms with van der Waals surface area (Å²) in [5, 5.41) is 0. The number of rotatable bonds is 6. The van der Waals surface area contributed by atoms with Crippen molar-refractivity contribution in [3.63, 3.8) is 0 Å². The first-order chi connectivity index (χ1) is 11.0. The van der Waals surface area contributed by atoms with Crippen LogP contribution < -0.4 is 0 Å². The summed E-state index contributed by atoms with van der Waals surface area (Å²) < 4.78 is 0. The second-order valence-electron chi connectivity index (χ2n) is 5.45. The van der Waals surface area contributed by atoms with E-state index < -0.39 is 0 Å². The Kier molecular flexibility index (Phi) is 5.36. The fourth-order valence-electron chi connectivity index (χ4n) is 2.25. The van der Waals surface area contributed by atoms with Crippen molar-refractivity contribution >= 4 is 23.9 Å². The molecule has 0 spiro atoms. The SMILES string of the molecule is CC(=O)c1ccc(/C=C(/C=O)Cc2ccc(C(C)=O)cc2)cc1. The topological polar surface area (TPSA) is 51.2 Å². The quantitative estimate of drug-likeness (QED) is 0.462. The molecule has 0 aliphatic rings. The van der Waals surface area contributed by atoms with E-state index in [0.717, 1.165) is 17.4 Å². The van der Waals surface area contributed by atoms with E-state index in [1.54, 1.807) is 30.3 Å². The van der Waals surface area contributed by atoms with Crippen LogP contribution in [0.3, 0.4) is 0 Å². The van der Waals surface area contributed by atoms with E-state index in [0.29, 0.717) is 23.1 Å². The smallest absolute Gasteiger partial charge is 0.159 e. The zero-order valence-electron chi connectivity index (χ0n) is 13.2. The predicted octanol–water partition coefficient (Wildman–Crippen LogP) is 3.92. The lowest BCUT2D eigenvalue weighted by molar-refractivity contribution is -0.104. The lowest BCUT2D eigenvalue weighted by Gasteiger charge is -2.03. The molecule has 0 amide bonds. The summed E-state index contributed by atoms with van der Waals surface area (Å²) in [6.45, 7) is 3.04. The molecular weight excluding hydrogens is 288 g/mol. The average Bonchev–Trinajstić information content (AvgIpc) is 2.55. The highest BCUT2D eigenvalue weighted by Crippen LogP contribution is 2.14. The Balaban J connectivity index is 2.16. The molecule has 0 unspecified atom stereocenters. The standard InChI is InChI=1S/C20H18O3/c1-14(22)19-7-3-16(4-8-19)11-18(13-21)12-17-5-9-20(10-6-17)15(2)23/h3-11,13H,12H2,1-2H3/b18-11+. The summed E-state index contributed by atoms with van der Waals surface area (Å²) in [4.78, 5) is 33.8. The van der Waals surface area contributed by atoms with Crippen molar-refractivity contribution in [2.45, 2.75) is 20.3 Å². The first-order valence-electron chi connectivity index (χ1n) is 7.36. The van der Waals surface area contributed by atoms with Gasteiger partial charge in [-0.2, -0.15) is 0 Å². The predicted molar refractivity (Wildman–Crippen MR) is 90.6 cm³/mol. The van der Waals surface area contributed by atoms with Gasteiger partial charge < -0.3 is 0 Å². The van der Waals surface area contributed by atoms with Crippen LogP contribution in [-0.2, 0) is 11.2 Å². The van der Waals surface area contributed by atoms with Crippen LogP contribution in [0.15, 0.2) is 54.1 Å². The molecule has 0 aliphatic carbocycles. The maximum absolute atomic E-state index is 11.3. The lowest BCUT2D eigenvalue weighted by atomic mass is 10.0. The maximum Gasteiger partial charge on any atom is 0.159 e. The molecule has 2 aromatic rings. The number of carbonyl (C=O) groups is 3. The molecule has 0 radical (unpaired) electrons. The molecule has 0 atom stereocenters. The Morgan fingerprint density at radius 2 is 1.30 bits per heavy atom. The molecule has 2 aromatic carbocycles. The van der Waals surface area contributed by atoms with Gasteiger partial charge in [0.1, 0.15) is 6.29 Å². The van der Waals surface area contributed by atoms with Gasteiger partial charge in [-0.25, -0.2) is 0 Å². The van der Waals surface area contributed by atoms with E-state index in [2.05, 4.69) is 0 Å². The van der Waals surface area contributed by atoms with E-state index in [4.69, 9.17) is 0 Å². The Hall–Kier alpha value is -2.81. The normalized spacial score (nSPS) is 11.1. The highest BCUT2D eigenvalue weighted by molar-refractivity contribution is 5.94. The van der Waals surface area contributed by atoms with Crippen LogP contribution in [0, 0.1) is 0 Å². The van der Waals surface area contributed by atoms with Gasteiger partial charge in [0.05, 0.1) is 0 Å². The van der Waals surface area contributed by atoms with Gasteiger partial charge in [0.25, 0.3) is 0 Å². The van der Waals surface area contributed by atoms with Crippen molar-refractivity contribution in [2.24, 2.45) is 0 Å². The van der Waals surface area contributed by atoms with Crippen LogP contribution in [0.1, 0.15) is 45.7 Å². The third kappa shape index (κ3) is 4.58. The average molecular weight is 306 g/mol. The van der Waals surface area contributed by atoms with E-state index in [1.165, 1.54) is 13.8 Å². The zero-order valence-corrected chi connectivity index (χ0v) is 13.2. The van der Waals surface area contributed by atoms with Gasteiger partial charge in [-0.3, -0.25) is 14.4 Å². The highest BCUT2D eigenvalue weighted by Gasteiger charge is 2.03. The van der Waals surface area contributed by atoms with Crippen LogP contribution in [0.25, 0.3) is 6.08 Å². The Bertz CT molecular complexity index is 750. The first-order valence-corrected chi connectivity index (χ1v) is 7.36. The molecule has 0 fully saturated rings. The van der Waals surface area contributed by atoms with Crippen LogP contribution in [0.4, 0.5) is 0 Å². The minimum absolute atomic E-state index is 0.0155. The van der Waals surface area contributed by atoms with E-state index >= 15 is 0 Å². The van der Waals surface area contributed by atoms with Crippen LogP contribution in [0.5, 0.6) is 0 Å². The van der Waals surface area contributed by atoms with Gasteiger partial charge in [-0.15, -0.1) is 0 Å². The van der Waals surface area contributed by atoms with Crippen molar-refractivity contribution in [2.75, 3.05) is 0 Å². The summed E-state index contributed by atoms with van der Waals surface area (Å²) >= 11 is 0. The summed E-state index contributed by atoms with van der Waals surface area (Å²) in [7, 11) is 0. The number of ketones is 2. The second kappa shape index (κ2) is 7.45. The van der Waals surface area contributed by atoms with Crippen molar-refractivity contribution in [1.29, 1.82) is 0 Å². The number of hydrogen-bond acceptors (Lipinski definition) is 3.